The molecule has 0 amide bonds. The zero-order valence-corrected chi connectivity index (χ0v) is 14.6. The first-order valence-electron chi connectivity index (χ1n) is 6.60. The highest BCUT2D eigenvalue weighted by Gasteiger charge is 2.34. The standard InChI is InChI=1S/C15H23BClO2S/c1-13(2,18)10-7-8-11(12(17)9-10)16-19-14(3,4)15(5,6)20/h7-9,18,20H,1-6H3. The number of thiol groups is 1. The smallest absolute Gasteiger partial charge is 0.332 e. The highest BCUT2D eigenvalue weighted by molar-refractivity contribution is 7.81. The maximum Gasteiger partial charge on any atom is 0.332 e. The number of hydrogen-bond acceptors (Lipinski definition) is 3. The largest absolute Gasteiger partial charge is 0.428 e. The summed E-state index contributed by atoms with van der Waals surface area (Å²) in [6, 6.07) is 5.45. The van der Waals surface area contributed by atoms with Gasteiger partial charge in [-0.3, -0.25) is 0 Å². The van der Waals surface area contributed by atoms with Crippen molar-refractivity contribution in [2.24, 2.45) is 0 Å². The molecule has 1 rings (SSSR count). The summed E-state index contributed by atoms with van der Waals surface area (Å²) in [7, 11) is 1.65. The van der Waals surface area contributed by atoms with Crippen LogP contribution >= 0.6 is 24.2 Å². The number of hydrogen-bond donors (Lipinski definition) is 2. The molecule has 0 aromatic heterocycles. The van der Waals surface area contributed by atoms with Crippen LogP contribution in [0.1, 0.15) is 47.1 Å². The molecular formula is C15H23BClO2S. The van der Waals surface area contributed by atoms with E-state index in [9.17, 15) is 5.11 Å². The number of benzene rings is 1. The molecule has 111 valence electrons. The van der Waals surface area contributed by atoms with Crippen molar-refractivity contribution in [1.82, 2.24) is 0 Å². The zero-order chi connectivity index (χ0) is 15.8. The Hall–Kier alpha value is -0.155. The summed E-state index contributed by atoms with van der Waals surface area (Å²) in [5, 5.41) is 10.5. The van der Waals surface area contributed by atoms with E-state index in [0.29, 0.717) is 5.02 Å². The molecule has 5 heteroatoms. The van der Waals surface area contributed by atoms with Gasteiger partial charge in [0, 0.05) is 9.77 Å². The van der Waals surface area contributed by atoms with Crippen molar-refractivity contribution in [3.63, 3.8) is 0 Å². The predicted molar refractivity (Wildman–Crippen MR) is 90.3 cm³/mol. The topological polar surface area (TPSA) is 29.5 Å². The summed E-state index contributed by atoms with van der Waals surface area (Å²) in [5.41, 5.74) is 0.211. The van der Waals surface area contributed by atoms with Crippen LogP contribution < -0.4 is 5.46 Å². The molecule has 0 saturated carbocycles. The molecule has 0 saturated heterocycles. The average Bonchev–Trinajstić information content (AvgIpc) is 2.24. The van der Waals surface area contributed by atoms with E-state index < -0.39 is 11.2 Å². The molecule has 1 aromatic rings. The summed E-state index contributed by atoms with van der Waals surface area (Å²) in [5.74, 6) is 0. The van der Waals surface area contributed by atoms with Crippen LogP contribution in [0, 0.1) is 0 Å². The lowest BCUT2D eigenvalue weighted by molar-refractivity contribution is 0.0785. The Morgan fingerprint density at radius 2 is 1.70 bits per heavy atom. The summed E-state index contributed by atoms with van der Waals surface area (Å²) in [6.45, 7) is 11.4. The van der Waals surface area contributed by atoms with Crippen molar-refractivity contribution in [3.05, 3.63) is 28.8 Å². The van der Waals surface area contributed by atoms with E-state index in [0.717, 1.165) is 11.0 Å². The van der Waals surface area contributed by atoms with Crippen molar-refractivity contribution >= 4 is 37.2 Å². The van der Waals surface area contributed by atoms with Gasteiger partial charge < -0.3 is 9.76 Å². The fourth-order valence-corrected chi connectivity index (χ4v) is 1.64. The maximum atomic E-state index is 9.96. The first-order chi connectivity index (χ1) is 8.84. The molecule has 0 aliphatic rings. The molecule has 0 unspecified atom stereocenters. The van der Waals surface area contributed by atoms with Crippen LogP contribution in [0.2, 0.25) is 5.02 Å². The summed E-state index contributed by atoms with van der Waals surface area (Å²) >= 11 is 10.8. The average molecular weight is 314 g/mol. The molecule has 0 aliphatic heterocycles. The Bertz CT molecular complexity index is 476. The highest BCUT2D eigenvalue weighted by atomic mass is 35.5. The van der Waals surface area contributed by atoms with Gasteiger partial charge in [-0.15, -0.1) is 0 Å². The second-order valence-electron chi connectivity index (χ2n) is 6.60. The van der Waals surface area contributed by atoms with Gasteiger partial charge in [0.05, 0.1) is 11.2 Å². The Morgan fingerprint density at radius 3 is 2.10 bits per heavy atom. The van der Waals surface area contributed by atoms with Crippen molar-refractivity contribution in [2.45, 2.75) is 57.5 Å². The van der Waals surface area contributed by atoms with E-state index in [1.54, 1.807) is 27.4 Å². The van der Waals surface area contributed by atoms with Gasteiger partial charge >= 0.3 is 7.48 Å². The number of aliphatic hydroxyl groups is 1. The molecule has 0 spiro atoms. The molecule has 0 heterocycles. The molecule has 0 aliphatic carbocycles. The molecule has 20 heavy (non-hydrogen) atoms. The lowest BCUT2D eigenvalue weighted by atomic mass is 9.82. The minimum atomic E-state index is -0.907. The summed E-state index contributed by atoms with van der Waals surface area (Å²) in [6.07, 6.45) is 0. The van der Waals surface area contributed by atoms with E-state index in [2.05, 4.69) is 12.6 Å². The Balaban J connectivity index is 2.86. The number of halogens is 1. The third kappa shape index (κ3) is 4.42. The first-order valence-corrected chi connectivity index (χ1v) is 7.43. The van der Waals surface area contributed by atoms with E-state index in [-0.39, 0.29) is 4.75 Å². The van der Waals surface area contributed by atoms with Crippen LogP contribution in [-0.2, 0) is 10.3 Å². The molecule has 1 radical (unpaired) electrons. The van der Waals surface area contributed by atoms with Gasteiger partial charge in [0.15, 0.2) is 0 Å². The van der Waals surface area contributed by atoms with Gasteiger partial charge in [-0.05, 0) is 58.6 Å². The Kier molecular flexibility index (Phi) is 5.29. The van der Waals surface area contributed by atoms with Crippen LogP contribution in [0.5, 0.6) is 0 Å². The third-order valence-electron chi connectivity index (χ3n) is 3.66. The van der Waals surface area contributed by atoms with Crippen LogP contribution in [0.3, 0.4) is 0 Å². The van der Waals surface area contributed by atoms with Crippen LogP contribution in [0.15, 0.2) is 18.2 Å². The second-order valence-corrected chi connectivity index (χ2v) is 8.13. The van der Waals surface area contributed by atoms with Crippen LogP contribution in [0.25, 0.3) is 0 Å². The lowest BCUT2D eigenvalue weighted by Gasteiger charge is -2.38. The zero-order valence-electron chi connectivity index (χ0n) is 13.0. The van der Waals surface area contributed by atoms with E-state index in [4.69, 9.17) is 16.3 Å². The van der Waals surface area contributed by atoms with E-state index in [1.165, 1.54) is 0 Å². The summed E-state index contributed by atoms with van der Waals surface area (Å²) < 4.78 is 5.55. The Labute approximate surface area is 133 Å². The van der Waals surface area contributed by atoms with Gasteiger partial charge in [-0.1, -0.05) is 23.7 Å². The van der Waals surface area contributed by atoms with E-state index >= 15 is 0 Å². The molecule has 0 bridgehead atoms. The van der Waals surface area contributed by atoms with Crippen LogP contribution in [0.4, 0.5) is 0 Å². The van der Waals surface area contributed by atoms with E-state index in [1.807, 2.05) is 39.8 Å². The fraction of sp³-hybridized carbons (Fsp3) is 0.600. The molecule has 1 N–H and O–H groups in total. The number of rotatable bonds is 5. The van der Waals surface area contributed by atoms with Gasteiger partial charge in [0.1, 0.15) is 0 Å². The minimum Gasteiger partial charge on any atom is -0.428 e. The maximum absolute atomic E-state index is 9.96. The van der Waals surface area contributed by atoms with Gasteiger partial charge in [-0.2, -0.15) is 12.6 Å². The van der Waals surface area contributed by atoms with Gasteiger partial charge in [0.25, 0.3) is 0 Å². The fourth-order valence-electron chi connectivity index (χ4n) is 1.36. The lowest BCUT2D eigenvalue weighted by Crippen LogP contribution is -2.45. The molecule has 2 nitrogen and oxygen atoms in total. The predicted octanol–water partition coefficient (Wildman–Crippen LogP) is 3.32. The third-order valence-corrected chi connectivity index (χ3v) is 4.53. The highest BCUT2D eigenvalue weighted by Crippen LogP contribution is 2.30. The van der Waals surface area contributed by atoms with Crippen molar-refractivity contribution in [2.75, 3.05) is 0 Å². The molecule has 0 fully saturated rings. The SMILES string of the molecule is CC(C)(O)c1ccc([B]OC(C)(C)C(C)(C)S)c(Cl)c1. The first kappa shape index (κ1) is 17.9. The minimum absolute atomic E-state index is 0.289. The van der Waals surface area contributed by atoms with Gasteiger partial charge in [0.2, 0.25) is 0 Å². The van der Waals surface area contributed by atoms with Crippen LogP contribution in [-0.4, -0.2) is 22.9 Å². The van der Waals surface area contributed by atoms with Gasteiger partial charge in [-0.25, -0.2) is 0 Å². The van der Waals surface area contributed by atoms with Crippen molar-refractivity contribution in [1.29, 1.82) is 0 Å². The Morgan fingerprint density at radius 1 is 1.15 bits per heavy atom. The second kappa shape index (κ2) is 5.92. The molecule has 0 atom stereocenters. The monoisotopic (exact) mass is 313 g/mol. The quantitative estimate of drug-likeness (QED) is 0.645. The normalized spacial score (nSPS) is 13.4. The molecule has 1 aromatic carbocycles. The summed E-state index contributed by atoms with van der Waals surface area (Å²) in [4.78, 5) is 0. The van der Waals surface area contributed by atoms with Crippen molar-refractivity contribution in [3.8, 4) is 0 Å². The van der Waals surface area contributed by atoms with Crippen molar-refractivity contribution < 1.29 is 9.76 Å². The molecular weight excluding hydrogens is 290 g/mol.